The Bertz CT molecular complexity index is 517. The molecule has 4 N–H and O–H groups in total. The van der Waals surface area contributed by atoms with Gasteiger partial charge in [-0.1, -0.05) is 0 Å². The Hall–Kier alpha value is -1.45. The number of rotatable bonds is 6. The summed E-state index contributed by atoms with van der Waals surface area (Å²) in [5.74, 6) is -1.38. The van der Waals surface area contributed by atoms with Gasteiger partial charge in [-0.15, -0.1) is 0 Å². The van der Waals surface area contributed by atoms with Crippen molar-refractivity contribution in [1.82, 2.24) is 14.9 Å². The van der Waals surface area contributed by atoms with Crippen LogP contribution in [0.15, 0.2) is 4.90 Å². The molecule has 102 valence electrons. The van der Waals surface area contributed by atoms with Crippen LogP contribution in [0.1, 0.15) is 17.8 Å². The molecule has 9 heteroatoms. The summed E-state index contributed by atoms with van der Waals surface area (Å²) in [7, 11) is -3.75. The first kappa shape index (κ1) is 14.6. The molecular weight excluding hydrogens is 262 g/mol. The fourth-order valence-corrected chi connectivity index (χ4v) is 2.88. The summed E-state index contributed by atoms with van der Waals surface area (Å²) < 4.78 is 26.0. The largest absolute Gasteiger partial charge is 0.479 e. The van der Waals surface area contributed by atoms with Crippen LogP contribution in [0.2, 0.25) is 0 Å². The Morgan fingerprint density at radius 2 is 2.11 bits per heavy atom. The summed E-state index contributed by atoms with van der Waals surface area (Å²) in [6, 6.07) is 0. The Labute approximate surface area is 104 Å². The molecule has 0 unspecified atom stereocenters. The lowest BCUT2D eigenvalue weighted by atomic mass is 10.3. The number of carbonyl (C=O) groups is 1. The minimum atomic E-state index is -3.75. The summed E-state index contributed by atoms with van der Waals surface area (Å²) in [6.07, 6.45) is -1.79. The van der Waals surface area contributed by atoms with Gasteiger partial charge in [0.25, 0.3) is 0 Å². The molecule has 0 spiro atoms. The maximum atomic E-state index is 11.9. The maximum absolute atomic E-state index is 11.9. The lowest BCUT2D eigenvalue weighted by Gasteiger charge is -2.08. The summed E-state index contributed by atoms with van der Waals surface area (Å²) in [6.45, 7) is 2.95. The molecule has 1 heterocycles. The van der Waals surface area contributed by atoms with Crippen molar-refractivity contribution in [3.05, 3.63) is 11.4 Å². The smallest absolute Gasteiger partial charge is 0.332 e. The SMILES string of the molecule is Cc1n[nH]c(C)c1S(=O)(=O)NCC[C@H](O)C(=O)O. The second-order valence-corrected chi connectivity index (χ2v) is 5.51. The lowest BCUT2D eigenvalue weighted by molar-refractivity contribution is -0.146. The fourth-order valence-electron chi connectivity index (χ4n) is 1.46. The third-order valence-corrected chi connectivity index (χ3v) is 4.05. The summed E-state index contributed by atoms with van der Waals surface area (Å²) >= 11 is 0. The van der Waals surface area contributed by atoms with Crippen molar-refractivity contribution in [2.45, 2.75) is 31.3 Å². The van der Waals surface area contributed by atoms with E-state index in [9.17, 15) is 13.2 Å². The zero-order valence-electron chi connectivity index (χ0n) is 9.97. The standard InChI is InChI=1S/C9H15N3O5S/c1-5-8(6(2)12-11-5)18(16,17)10-4-3-7(13)9(14)15/h7,10,13H,3-4H2,1-2H3,(H,11,12)(H,14,15)/t7-/m0/s1. The number of aromatic nitrogens is 2. The van der Waals surface area contributed by atoms with Gasteiger partial charge in [-0.3, -0.25) is 5.10 Å². The molecule has 0 aliphatic carbocycles. The molecule has 0 aromatic carbocycles. The van der Waals surface area contributed by atoms with Crippen LogP contribution >= 0.6 is 0 Å². The lowest BCUT2D eigenvalue weighted by Crippen LogP contribution is -2.30. The number of carboxylic acid groups (broad SMARTS) is 1. The van der Waals surface area contributed by atoms with E-state index in [-0.39, 0.29) is 17.9 Å². The van der Waals surface area contributed by atoms with Crippen molar-refractivity contribution >= 4 is 16.0 Å². The van der Waals surface area contributed by atoms with Crippen molar-refractivity contribution in [1.29, 1.82) is 0 Å². The second-order valence-electron chi connectivity index (χ2n) is 3.80. The van der Waals surface area contributed by atoms with Crippen LogP contribution in [0.3, 0.4) is 0 Å². The molecule has 0 amide bonds. The predicted molar refractivity (Wildman–Crippen MR) is 61.5 cm³/mol. The zero-order valence-corrected chi connectivity index (χ0v) is 10.8. The number of hydrogen-bond donors (Lipinski definition) is 4. The fraction of sp³-hybridized carbons (Fsp3) is 0.556. The summed E-state index contributed by atoms with van der Waals surface area (Å²) in [5, 5.41) is 23.8. The molecule has 1 aromatic heterocycles. The van der Waals surface area contributed by atoms with Crippen molar-refractivity contribution < 1.29 is 23.4 Å². The van der Waals surface area contributed by atoms with E-state index >= 15 is 0 Å². The highest BCUT2D eigenvalue weighted by molar-refractivity contribution is 7.89. The van der Waals surface area contributed by atoms with Crippen LogP contribution < -0.4 is 4.72 Å². The van der Waals surface area contributed by atoms with E-state index in [1.807, 2.05) is 0 Å². The molecule has 0 bridgehead atoms. The molecule has 1 aromatic rings. The van der Waals surface area contributed by atoms with Crippen LogP contribution in [0.5, 0.6) is 0 Å². The highest BCUT2D eigenvalue weighted by atomic mass is 32.2. The van der Waals surface area contributed by atoms with Gasteiger partial charge in [-0.2, -0.15) is 5.10 Å². The topological polar surface area (TPSA) is 132 Å². The number of sulfonamides is 1. The first-order chi connectivity index (χ1) is 8.25. The minimum Gasteiger partial charge on any atom is -0.479 e. The van der Waals surface area contributed by atoms with E-state index in [2.05, 4.69) is 14.9 Å². The van der Waals surface area contributed by atoms with E-state index in [0.29, 0.717) is 11.4 Å². The third-order valence-electron chi connectivity index (χ3n) is 2.32. The number of aliphatic hydroxyl groups is 1. The van der Waals surface area contributed by atoms with Crippen LogP contribution in [0.4, 0.5) is 0 Å². The van der Waals surface area contributed by atoms with E-state index in [4.69, 9.17) is 10.2 Å². The monoisotopic (exact) mass is 277 g/mol. The van der Waals surface area contributed by atoms with Crippen molar-refractivity contribution in [3.63, 3.8) is 0 Å². The number of aliphatic hydroxyl groups excluding tert-OH is 1. The van der Waals surface area contributed by atoms with Gasteiger partial charge in [-0.25, -0.2) is 17.9 Å². The van der Waals surface area contributed by atoms with E-state index in [1.54, 1.807) is 13.8 Å². The maximum Gasteiger partial charge on any atom is 0.332 e. The highest BCUT2D eigenvalue weighted by Gasteiger charge is 2.22. The number of nitrogens with one attached hydrogen (secondary N) is 2. The number of aryl methyl sites for hydroxylation is 2. The first-order valence-corrected chi connectivity index (χ1v) is 6.66. The quantitative estimate of drug-likeness (QED) is 0.535. The van der Waals surface area contributed by atoms with Crippen LogP contribution in [0.25, 0.3) is 0 Å². The zero-order chi connectivity index (χ0) is 13.9. The van der Waals surface area contributed by atoms with Gasteiger partial charge in [-0.05, 0) is 20.3 Å². The van der Waals surface area contributed by atoms with E-state index in [1.165, 1.54) is 0 Å². The molecule has 0 saturated heterocycles. The average Bonchev–Trinajstić information content (AvgIpc) is 2.58. The number of aromatic amines is 1. The Kier molecular flexibility index (Phi) is 4.43. The molecular formula is C9H15N3O5S. The normalized spacial score (nSPS) is 13.5. The molecule has 0 aliphatic heterocycles. The van der Waals surface area contributed by atoms with Gasteiger partial charge in [0, 0.05) is 6.54 Å². The van der Waals surface area contributed by atoms with Crippen LogP contribution in [0, 0.1) is 13.8 Å². The number of nitrogens with zero attached hydrogens (tertiary/aromatic N) is 1. The highest BCUT2D eigenvalue weighted by Crippen LogP contribution is 2.15. The Morgan fingerprint density at radius 1 is 1.50 bits per heavy atom. The van der Waals surface area contributed by atoms with Gasteiger partial charge >= 0.3 is 5.97 Å². The van der Waals surface area contributed by atoms with Crippen molar-refractivity contribution in [2.24, 2.45) is 0 Å². The van der Waals surface area contributed by atoms with Gasteiger partial charge in [0.1, 0.15) is 4.90 Å². The molecule has 1 atom stereocenters. The van der Waals surface area contributed by atoms with Crippen LogP contribution in [-0.4, -0.2) is 47.4 Å². The molecule has 0 saturated carbocycles. The molecule has 1 rings (SSSR count). The predicted octanol–water partition coefficient (Wildman–Crippen LogP) is -0.860. The second kappa shape index (κ2) is 5.46. The average molecular weight is 277 g/mol. The van der Waals surface area contributed by atoms with Gasteiger partial charge < -0.3 is 10.2 Å². The van der Waals surface area contributed by atoms with Crippen molar-refractivity contribution in [2.75, 3.05) is 6.54 Å². The van der Waals surface area contributed by atoms with Gasteiger partial charge in [0.2, 0.25) is 10.0 Å². The number of carboxylic acids is 1. The number of hydrogen-bond acceptors (Lipinski definition) is 5. The Morgan fingerprint density at radius 3 is 2.56 bits per heavy atom. The number of H-pyrrole nitrogens is 1. The summed E-state index contributed by atoms with van der Waals surface area (Å²) in [4.78, 5) is 10.4. The van der Waals surface area contributed by atoms with Gasteiger partial charge in [0.15, 0.2) is 6.10 Å². The van der Waals surface area contributed by atoms with E-state index < -0.39 is 22.1 Å². The third kappa shape index (κ3) is 3.28. The van der Waals surface area contributed by atoms with Gasteiger partial charge in [0.05, 0.1) is 11.4 Å². The molecule has 18 heavy (non-hydrogen) atoms. The summed E-state index contributed by atoms with van der Waals surface area (Å²) in [5.41, 5.74) is 0.734. The van der Waals surface area contributed by atoms with Crippen LogP contribution in [-0.2, 0) is 14.8 Å². The van der Waals surface area contributed by atoms with Crippen molar-refractivity contribution in [3.8, 4) is 0 Å². The molecule has 0 radical (unpaired) electrons. The Balaban J connectivity index is 2.70. The minimum absolute atomic E-state index is 0.0484. The molecule has 0 fully saturated rings. The molecule has 8 nitrogen and oxygen atoms in total. The number of aliphatic carboxylic acids is 1. The molecule has 0 aliphatic rings. The van der Waals surface area contributed by atoms with E-state index in [0.717, 1.165) is 0 Å². The first-order valence-electron chi connectivity index (χ1n) is 5.18.